The molecule has 0 fully saturated rings. The van der Waals surface area contributed by atoms with Crippen LogP contribution in [0.5, 0.6) is 0 Å². The van der Waals surface area contributed by atoms with Crippen molar-refractivity contribution in [3.8, 4) is 6.07 Å². The summed E-state index contributed by atoms with van der Waals surface area (Å²) in [6, 6.07) is 10.1. The number of carbonyl (C=O) groups is 2. The molecule has 6 nitrogen and oxygen atoms in total. The Bertz CT molecular complexity index is 1060. The van der Waals surface area contributed by atoms with E-state index in [-0.39, 0.29) is 29.0 Å². The van der Waals surface area contributed by atoms with Crippen LogP contribution in [-0.4, -0.2) is 34.9 Å². The zero-order valence-corrected chi connectivity index (χ0v) is 18.1. The number of para-hydroxylation sites is 1. The van der Waals surface area contributed by atoms with Crippen LogP contribution in [0, 0.1) is 11.3 Å². The molecule has 0 radical (unpaired) electrons. The number of benzene rings is 1. The SMILES string of the molecule is CCCCN1C(=O)C(C#N)=C(C)/C(=C/C(O)=C/C=C/N2CC(C)c3ccccc32)C1=O. The molecule has 1 atom stereocenters. The smallest absolute Gasteiger partial charge is 0.271 e. The summed E-state index contributed by atoms with van der Waals surface area (Å²) in [6.45, 7) is 6.80. The van der Waals surface area contributed by atoms with Crippen LogP contribution in [0.4, 0.5) is 5.69 Å². The van der Waals surface area contributed by atoms with Gasteiger partial charge in [-0.25, -0.2) is 0 Å². The van der Waals surface area contributed by atoms with Crippen molar-refractivity contribution >= 4 is 17.5 Å². The second-order valence-corrected chi connectivity index (χ2v) is 7.83. The molecule has 1 aromatic carbocycles. The second kappa shape index (κ2) is 9.48. The molecule has 0 bridgehead atoms. The molecule has 6 heteroatoms. The number of carbonyl (C=O) groups excluding carboxylic acids is 2. The van der Waals surface area contributed by atoms with E-state index in [0.717, 1.165) is 23.6 Å². The minimum atomic E-state index is -0.569. The first kappa shape index (κ1) is 22.1. The van der Waals surface area contributed by atoms with Crippen molar-refractivity contribution in [3.63, 3.8) is 0 Å². The fourth-order valence-electron chi connectivity index (χ4n) is 3.89. The van der Waals surface area contributed by atoms with E-state index in [4.69, 9.17) is 0 Å². The average Bonchev–Trinajstić information content (AvgIpc) is 3.07. The molecule has 2 heterocycles. The molecule has 2 aliphatic heterocycles. The summed E-state index contributed by atoms with van der Waals surface area (Å²) < 4.78 is 0. The number of rotatable bonds is 6. The molecule has 3 rings (SSSR count). The van der Waals surface area contributed by atoms with Crippen LogP contribution < -0.4 is 4.90 Å². The molecule has 0 aromatic heterocycles. The maximum Gasteiger partial charge on any atom is 0.271 e. The zero-order valence-electron chi connectivity index (χ0n) is 18.1. The third-order valence-electron chi connectivity index (χ3n) is 5.63. The van der Waals surface area contributed by atoms with Gasteiger partial charge < -0.3 is 10.0 Å². The number of unbranched alkanes of at least 4 members (excludes halogenated alkanes) is 1. The molecule has 160 valence electrons. The Morgan fingerprint density at radius 3 is 2.74 bits per heavy atom. The van der Waals surface area contributed by atoms with Gasteiger partial charge in [0.25, 0.3) is 11.8 Å². The third kappa shape index (κ3) is 4.46. The van der Waals surface area contributed by atoms with Gasteiger partial charge in [-0.3, -0.25) is 14.5 Å². The molecule has 0 saturated carbocycles. The van der Waals surface area contributed by atoms with Crippen molar-refractivity contribution in [3.05, 3.63) is 76.7 Å². The molecule has 0 aliphatic carbocycles. The number of hydrogen-bond donors (Lipinski definition) is 1. The van der Waals surface area contributed by atoms with E-state index < -0.39 is 11.8 Å². The van der Waals surface area contributed by atoms with Gasteiger partial charge in [-0.15, -0.1) is 0 Å². The van der Waals surface area contributed by atoms with Crippen molar-refractivity contribution in [2.45, 2.75) is 39.5 Å². The Labute approximate surface area is 183 Å². The Hall–Kier alpha value is -3.59. The third-order valence-corrected chi connectivity index (χ3v) is 5.63. The highest BCUT2D eigenvalue weighted by Crippen LogP contribution is 2.35. The molecule has 1 unspecified atom stereocenters. The molecule has 1 N–H and O–H groups in total. The van der Waals surface area contributed by atoms with Gasteiger partial charge in [0, 0.05) is 36.5 Å². The highest BCUT2D eigenvalue weighted by atomic mass is 16.3. The Balaban J connectivity index is 1.84. The normalized spacial score (nSPS) is 20.8. The first-order valence-electron chi connectivity index (χ1n) is 10.5. The zero-order chi connectivity index (χ0) is 22.5. The Morgan fingerprint density at radius 1 is 1.29 bits per heavy atom. The topological polar surface area (TPSA) is 84.6 Å². The summed E-state index contributed by atoms with van der Waals surface area (Å²) >= 11 is 0. The predicted octanol–water partition coefficient (Wildman–Crippen LogP) is 4.50. The fourth-order valence-corrected chi connectivity index (χ4v) is 3.89. The van der Waals surface area contributed by atoms with Gasteiger partial charge in [0.05, 0.1) is 0 Å². The van der Waals surface area contributed by atoms with Gasteiger partial charge in [0.2, 0.25) is 0 Å². The number of imide groups is 1. The van der Waals surface area contributed by atoms with Gasteiger partial charge in [-0.1, -0.05) is 38.5 Å². The Morgan fingerprint density at radius 2 is 2.03 bits per heavy atom. The lowest BCUT2D eigenvalue weighted by Crippen LogP contribution is -2.43. The van der Waals surface area contributed by atoms with Crippen molar-refractivity contribution < 1.29 is 14.7 Å². The van der Waals surface area contributed by atoms with Gasteiger partial charge >= 0.3 is 0 Å². The molecule has 1 aromatic rings. The lowest BCUT2D eigenvalue weighted by atomic mass is 9.94. The highest BCUT2D eigenvalue weighted by Gasteiger charge is 2.35. The van der Waals surface area contributed by atoms with E-state index in [1.165, 1.54) is 17.7 Å². The van der Waals surface area contributed by atoms with Gasteiger partial charge in [-0.05, 0) is 48.8 Å². The number of fused-ring (bicyclic) bond motifs is 1. The molecular weight excluding hydrogens is 390 g/mol. The number of aliphatic hydroxyl groups excluding tert-OH is 1. The van der Waals surface area contributed by atoms with E-state index in [2.05, 4.69) is 24.0 Å². The number of nitrogens with zero attached hydrogens (tertiary/aromatic N) is 3. The quantitative estimate of drug-likeness (QED) is 0.319. The molecule has 2 amide bonds. The highest BCUT2D eigenvalue weighted by molar-refractivity contribution is 6.18. The summed E-state index contributed by atoms with van der Waals surface area (Å²) in [5.74, 6) is -0.757. The van der Waals surface area contributed by atoms with Gasteiger partial charge in [0.1, 0.15) is 17.4 Å². The minimum absolute atomic E-state index is 0.0621. The standard InChI is InChI=1S/C25H27N3O3/c1-4-5-13-28-24(30)21(18(3)22(15-26)25(28)31)14-19(29)9-8-12-27-16-17(2)20-10-6-7-11-23(20)27/h6-12,14,17,29H,4-5,13,16H2,1-3H3/b12-8+,19-9-,21-14-. The lowest BCUT2D eigenvalue weighted by Gasteiger charge is -2.27. The number of aliphatic hydroxyl groups is 1. The van der Waals surface area contributed by atoms with Crippen LogP contribution in [0.3, 0.4) is 0 Å². The average molecular weight is 418 g/mol. The van der Waals surface area contributed by atoms with E-state index in [0.29, 0.717) is 12.3 Å². The van der Waals surface area contributed by atoms with Crippen LogP contribution in [0.2, 0.25) is 0 Å². The van der Waals surface area contributed by atoms with E-state index >= 15 is 0 Å². The van der Waals surface area contributed by atoms with Crippen LogP contribution in [0.25, 0.3) is 0 Å². The first-order chi connectivity index (χ1) is 14.9. The molecule has 31 heavy (non-hydrogen) atoms. The van der Waals surface area contributed by atoms with E-state index in [1.807, 2.05) is 31.3 Å². The lowest BCUT2D eigenvalue weighted by molar-refractivity contribution is -0.140. The number of anilines is 1. The second-order valence-electron chi connectivity index (χ2n) is 7.83. The summed E-state index contributed by atoms with van der Waals surface area (Å²) in [6.07, 6.45) is 7.90. The summed E-state index contributed by atoms with van der Waals surface area (Å²) in [7, 11) is 0. The van der Waals surface area contributed by atoms with Crippen LogP contribution >= 0.6 is 0 Å². The van der Waals surface area contributed by atoms with Crippen molar-refractivity contribution in [2.75, 3.05) is 18.0 Å². The first-order valence-corrected chi connectivity index (χ1v) is 10.5. The van der Waals surface area contributed by atoms with E-state index in [1.54, 1.807) is 13.0 Å². The maximum absolute atomic E-state index is 12.8. The molecule has 0 spiro atoms. The van der Waals surface area contributed by atoms with Crippen LogP contribution in [0.1, 0.15) is 45.1 Å². The van der Waals surface area contributed by atoms with Crippen LogP contribution in [-0.2, 0) is 9.59 Å². The molecule has 2 aliphatic rings. The number of nitriles is 1. The summed E-state index contributed by atoms with van der Waals surface area (Å²) in [5, 5.41) is 19.8. The summed E-state index contributed by atoms with van der Waals surface area (Å²) in [4.78, 5) is 28.5. The van der Waals surface area contributed by atoms with Crippen molar-refractivity contribution in [2.24, 2.45) is 0 Å². The van der Waals surface area contributed by atoms with Crippen molar-refractivity contribution in [1.82, 2.24) is 4.90 Å². The van der Waals surface area contributed by atoms with Crippen molar-refractivity contribution in [1.29, 1.82) is 5.26 Å². The largest absolute Gasteiger partial charge is 0.508 e. The molecular formula is C25H27N3O3. The van der Waals surface area contributed by atoms with Gasteiger partial charge in [-0.2, -0.15) is 5.26 Å². The minimum Gasteiger partial charge on any atom is -0.508 e. The fraction of sp³-hybridized carbons (Fsp3) is 0.320. The monoisotopic (exact) mass is 417 g/mol. The van der Waals surface area contributed by atoms with Crippen LogP contribution in [0.15, 0.2) is 71.2 Å². The number of amides is 2. The number of allylic oxidation sites excluding steroid dienone is 3. The predicted molar refractivity (Wildman–Crippen MR) is 120 cm³/mol. The Kier molecular flexibility index (Phi) is 6.76. The maximum atomic E-state index is 12.8. The summed E-state index contributed by atoms with van der Waals surface area (Å²) in [5.41, 5.74) is 2.82. The van der Waals surface area contributed by atoms with E-state index in [9.17, 15) is 20.0 Å². The van der Waals surface area contributed by atoms with Gasteiger partial charge in [0.15, 0.2) is 0 Å². The molecule has 0 saturated heterocycles. The number of hydrogen-bond acceptors (Lipinski definition) is 5.